The van der Waals surface area contributed by atoms with Gasteiger partial charge in [0, 0.05) is 38.1 Å². The molecule has 1 fully saturated rings. The van der Waals surface area contributed by atoms with Crippen molar-refractivity contribution in [2.45, 2.75) is 13.8 Å². The number of aryl methyl sites for hydroxylation is 2. The molecule has 28 heavy (non-hydrogen) atoms. The maximum Gasteiger partial charge on any atom is 0.227 e. The molecule has 0 spiro atoms. The second-order valence-electron chi connectivity index (χ2n) is 7.12. The van der Waals surface area contributed by atoms with Gasteiger partial charge < -0.3 is 15.1 Å². The number of piperazine rings is 1. The molecular weight excluding hydrogens is 370 g/mol. The van der Waals surface area contributed by atoms with Crippen LogP contribution in [0.2, 0.25) is 5.02 Å². The van der Waals surface area contributed by atoms with E-state index in [-0.39, 0.29) is 0 Å². The first-order chi connectivity index (χ1) is 13.6. The average Bonchev–Trinajstić information content (AvgIpc) is 2.72. The summed E-state index contributed by atoms with van der Waals surface area (Å²) >= 11 is 6.43. The van der Waals surface area contributed by atoms with Gasteiger partial charge in [0.05, 0.1) is 10.7 Å². The Kier molecular flexibility index (Phi) is 5.35. The summed E-state index contributed by atoms with van der Waals surface area (Å²) in [4.78, 5) is 13.8. The number of hydrogen-bond acceptors (Lipinski definition) is 5. The van der Waals surface area contributed by atoms with Crippen LogP contribution in [0.3, 0.4) is 0 Å². The zero-order valence-corrected chi connectivity index (χ0v) is 16.9. The van der Waals surface area contributed by atoms with Crippen molar-refractivity contribution in [1.82, 2.24) is 9.97 Å². The Bertz CT molecular complexity index is 929. The summed E-state index contributed by atoms with van der Waals surface area (Å²) in [6, 6.07) is 16.5. The summed E-state index contributed by atoms with van der Waals surface area (Å²) in [6.45, 7) is 7.78. The fourth-order valence-corrected chi connectivity index (χ4v) is 3.94. The zero-order chi connectivity index (χ0) is 19.5. The zero-order valence-electron chi connectivity index (χ0n) is 16.2. The van der Waals surface area contributed by atoms with Crippen molar-refractivity contribution in [3.63, 3.8) is 0 Å². The topological polar surface area (TPSA) is 44.3 Å². The highest BCUT2D eigenvalue weighted by molar-refractivity contribution is 6.33. The fourth-order valence-electron chi connectivity index (χ4n) is 3.58. The average molecular weight is 394 g/mol. The third kappa shape index (κ3) is 4.04. The molecule has 1 aromatic heterocycles. The molecule has 4 rings (SSSR count). The highest BCUT2D eigenvalue weighted by Gasteiger charge is 2.19. The van der Waals surface area contributed by atoms with E-state index in [2.05, 4.69) is 50.4 Å². The van der Waals surface area contributed by atoms with E-state index in [1.54, 1.807) is 6.20 Å². The lowest BCUT2D eigenvalue weighted by molar-refractivity contribution is 0.640. The van der Waals surface area contributed by atoms with Gasteiger partial charge in [-0.1, -0.05) is 35.9 Å². The van der Waals surface area contributed by atoms with Gasteiger partial charge in [0.15, 0.2) is 0 Å². The molecule has 0 aliphatic carbocycles. The molecule has 2 aromatic carbocycles. The third-order valence-electron chi connectivity index (χ3n) is 5.01. The lowest BCUT2D eigenvalue weighted by Crippen LogP contribution is -2.47. The van der Waals surface area contributed by atoms with Crippen LogP contribution < -0.4 is 15.1 Å². The minimum Gasteiger partial charge on any atom is -0.368 e. The number of para-hydroxylation sites is 1. The molecule has 6 heteroatoms. The number of anilines is 4. The molecule has 3 aromatic rings. The SMILES string of the molecule is Cc1cc(C)c(Nc2ccnc(N3CCN(c4ccccc4)CC3)n2)c(Cl)c1. The molecular formula is C22H24ClN5. The van der Waals surface area contributed by atoms with Crippen LogP contribution in [0.25, 0.3) is 0 Å². The maximum absolute atomic E-state index is 6.43. The molecule has 0 atom stereocenters. The minimum atomic E-state index is 0.703. The molecule has 1 aliphatic rings. The first kappa shape index (κ1) is 18.6. The van der Waals surface area contributed by atoms with Crippen molar-refractivity contribution in [3.8, 4) is 0 Å². The van der Waals surface area contributed by atoms with E-state index in [0.29, 0.717) is 5.02 Å². The number of nitrogens with one attached hydrogen (secondary N) is 1. The summed E-state index contributed by atoms with van der Waals surface area (Å²) in [6.07, 6.45) is 1.80. The molecule has 2 heterocycles. The third-order valence-corrected chi connectivity index (χ3v) is 5.31. The van der Waals surface area contributed by atoms with E-state index in [9.17, 15) is 0 Å². The highest BCUT2D eigenvalue weighted by atomic mass is 35.5. The van der Waals surface area contributed by atoms with Crippen LogP contribution in [-0.4, -0.2) is 36.1 Å². The summed E-state index contributed by atoms with van der Waals surface area (Å²) in [7, 11) is 0. The fraction of sp³-hybridized carbons (Fsp3) is 0.273. The summed E-state index contributed by atoms with van der Waals surface area (Å²) in [5.74, 6) is 1.50. The van der Waals surface area contributed by atoms with Crippen LogP contribution in [-0.2, 0) is 0 Å². The first-order valence-electron chi connectivity index (χ1n) is 9.52. The smallest absolute Gasteiger partial charge is 0.227 e. The van der Waals surface area contributed by atoms with Crippen molar-refractivity contribution < 1.29 is 0 Å². The second kappa shape index (κ2) is 8.07. The van der Waals surface area contributed by atoms with Crippen LogP contribution >= 0.6 is 11.6 Å². The molecule has 0 unspecified atom stereocenters. The van der Waals surface area contributed by atoms with Crippen LogP contribution in [0.15, 0.2) is 54.7 Å². The minimum absolute atomic E-state index is 0.703. The van der Waals surface area contributed by atoms with Crippen LogP contribution in [0.5, 0.6) is 0 Å². The molecule has 0 bridgehead atoms. The molecule has 1 saturated heterocycles. The Balaban J connectivity index is 1.46. The van der Waals surface area contributed by atoms with Crippen LogP contribution in [0, 0.1) is 13.8 Å². The largest absolute Gasteiger partial charge is 0.368 e. The molecule has 1 N–H and O–H groups in total. The van der Waals surface area contributed by atoms with Gasteiger partial charge in [0.2, 0.25) is 5.95 Å². The van der Waals surface area contributed by atoms with E-state index in [0.717, 1.165) is 54.8 Å². The number of halogens is 1. The second-order valence-corrected chi connectivity index (χ2v) is 7.52. The highest BCUT2D eigenvalue weighted by Crippen LogP contribution is 2.30. The number of aromatic nitrogens is 2. The van der Waals surface area contributed by atoms with E-state index in [1.165, 1.54) is 5.69 Å². The molecule has 1 aliphatic heterocycles. The molecule has 5 nitrogen and oxygen atoms in total. The van der Waals surface area contributed by atoms with Crippen molar-refractivity contribution in [2.75, 3.05) is 41.3 Å². The normalized spacial score (nSPS) is 14.2. The van der Waals surface area contributed by atoms with Gasteiger partial charge in [0.25, 0.3) is 0 Å². The Morgan fingerprint density at radius 1 is 0.929 bits per heavy atom. The summed E-state index contributed by atoms with van der Waals surface area (Å²) in [5.41, 5.74) is 4.41. The Morgan fingerprint density at radius 3 is 2.36 bits per heavy atom. The van der Waals surface area contributed by atoms with Crippen LogP contribution in [0.1, 0.15) is 11.1 Å². The Labute approximate surface area is 171 Å². The number of hydrogen-bond donors (Lipinski definition) is 1. The summed E-state index contributed by atoms with van der Waals surface area (Å²) in [5, 5.41) is 4.06. The monoisotopic (exact) mass is 393 g/mol. The summed E-state index contributed by atoms with van der Waals surface area (Å²) < 4.78 is 0. The lowest BCUT2D eigenvalue weighted by Gasteiger charge is -2.36. The van der Waals surface area contributed by atoms with Crippen molar-refractivity contribution in [2.24, 2.45) is 0 Å². The standard InChI is InChI=1S/C22H24ClN5/c1-16-14-17(2)21(19(23)15-16)25-20-8-9-24-22(26-20)28-12-10-27(11-13-28)18-6-4-3-5-7-18/h3-9,14-15H,10-13H2,1-2H3,(H,24,25,26). The number of nitrogens with zero attached hydrogens (tertiary/aromatic N) is 4. The predicted molar refractivity (Wildman–Crippen MR) is 117 cm³/mol. The predicted octanol–water partition coefficient (Wildman–Crippen LogP) is 4.82. The Morgan fingerprint density at radius 2 is 1.64 bits per heavy atom. The molecule has 144 valence electrons. The van der Waals surface area contributed by atoms with Gasteiger partial charge >= 0.3 is 0 Å². The number of benzene rings is 2. The molecule has 0 amide bonds. The first-order valence-corrected chi connectivity index (χ1v) is 9.90. The van der Waals surface area contributed by atoms with Gasteiger partial charge in [-0.15, -0.1) is 0 Å². The van der Waals surface area contributed by atoms with Crippen LogP contribution in [0.4, 0.5) is 23.1 Å². The van der Waals surface area contributed by atoms with Gasteiger partial charge in [-0.2, -0.15) is 4.98 Å². The van der Waals surface area contributed by atoms with Gasteiger partial charge in [-0.05, 0) is 49.2 Å². The Hall–Kier alpha value is -2.79. The van der Waals surface area contributed by atoms with Gasteiger partial charge in [-0.3, -0.25) is 0 Å². The quantitative estimate of drug-likeness (QED) is 0.688. The molecule has 0 saturated carbocycles. The van der Waals surface area contributed by atoms with Crippen molar-refractivity contribution >= 4 is 34.7 Å². The van der Waals surface area contributed by atoms with Crippen molar-refractivity contribution in [1.29, 1.82) is 0 Å². The number of rotatable bonds is 4. The van der Waals surface area contributed by atoms with E-state index in [1.807, 2.05) is 32.0 Å². The molecule has 0 radical (unpaired) electrons. The maximum atomic E-state index is 6.43. The van der Waals surface area contributed by atoms with Gasteiger partial charge in [-0.25, -0.2) is 4.98 Å². The lowest BCUT2D eigenvalue weighted by atomic mass is 10.1. The van der Waals surface area contributed by atoms with Crippen molar-refractivity contribution in [3.05, 3.63) is 70.9 Å². The van der Waals surface area contributed by atoms with E-state index in [4.69, 9.17) is 16.6 Å². The van der Waals surface area contributed by atoms with E-state index >= 15 is 0 Å². The van der Waals surface area contributed by atoms with E-state index < -0.39 is 0 Å². The van der Waals surface area contributed by atoms with Gasteiger partial charge in [0.1, 0.15) is 5.82 Å².